The molecule has 3 amide bonds. The molecule has 0 fully saturated rings. The summed E-state index contributed by atoms with van der Waals surface area (Å²) in [5.41, 5.74) is 6.56. The fourth-order valence-electron chi connectivity index (χ4n) is 6.48. The number of nitrogens with zero attached hydrogens (tertiary/aromatic N) is 4. The zero-order valence-corrected chi connectivity index (χ0v) is 35.8. The Bertz CT molecular complexity index is 2120. The average Bonchev–Trinajstić information content (AvgIpc) is 3.57. The van der Waals surface area contributed by atoms with Crippen molar-refractivity contribution < 1.29 is 41.8 Å². The number of carbonyl (C=O) groups is 4. The highest BCUT2D eigenvalue weighted by molar-refractivity contribution is 7.89. The Morgan fingerprint density at radius 1 is 1.05 bits per heavy atom. The lowest BCUT2D eigenvalue weighted by Gasteiger charge is -2.31. The molecule has 3 aromatic rings. The number of nitrogens with one attached hydrogen (secondary N) is 3. The monoisotopic (exact) mass is 838 g/mol. The maximum Gasteiger partial charge on any atom is 0.415 e. The number of fused-ring (bicyclic) bond motifs is 1. The van der Waals surface area contributed by atoms with Gasteiger partial charge in [0, 0.05) is 55.7 Å². The first kappa shape index (κ1) is 46.4. The molecule has 2 atom stereocenters. The van der Waals surface area contributed by atoms with Crippen LogP contribution in [0, 0.1) is 19.8 Å². The lowest BCUT2D eigenvalue weighted by Crippen LogP contribution is -2.49. The zero-order valence-electron chi connectivity index (χ0n) is 35.0. The van der Waals surface area contributed by atoms with Crippen LogP contribution in [0.2, 0.25) is 0 Å². The summed E-state index contributed by atoms with van der Waals surface area (Å²) in [5, 5.41) is 10.6. The Balaban J connectivity index is 1.37. The lowest BCUT2D eigenvalue weighted by molar-refractivity contribution is -0.142. The second-order valence-electron chi connectivity index (χ2n) is 15.4. The van der Waals surface area contributed by atoms with E-state index in [1.54, 1.807) is 66.2 Å². The van der Waals surface area contributed by atoms with Crippen LogP contribution in [0.25, 0.3) is 10.9 Å². The summed E-state index contributed by atoms with van der Waals surface area (Å²) >= 11 is 0. The fraction of sp³-hybridized carbons (Fsp3) is 0.512. The quantitative estimate of drug-likeness (QED) is 0.0993. The maximum atomic E-state index is 13.7. The number of hydrogen-bond donors (Lipinski definition) is 4. The van der Waals surface area contributed by atoms with Crippen LogP contribution in [0.5, 0.6) is 5.75 Å². The van der Waals surface area contributed by atoms with E-state index in [0.717, 1.165) is 19.0 Å². The van der Waals surface area contributed by atoms with Gasteiger partial charge in [-0.25, -0.2) is 18.2 Å². The van der Waals surface area contributed by atoms with E-state index >= 15 is 0 Å². The van der Waals surface area contributed by atoms with Crippen LogP contribution < -0.4 is 25.8 Å². The fourth-order valence-corrected chi connectivity index (χ4v) is 8.12. The van der Waals surface area contributed by atoms with Crippen molar-refractivity contribution in [2.75, 3.05) is 39.9 Å². The lowest BCUT2D eigenvalue weighted by atomic mass is 10.0. The van der Waals surface area contributed by atoms with Gasteiger partial charge in [0.05, 0.1) is 30.3 Å². The van der Waals surface area contributed by atoms with E-state index in [1.807, 2.05) is 33.8 Å². The highest BCUT2D eigenvalue weighted by atomic mass is 32.2. The molecule has 0 aliphatic carbocycles. The van der Waals surface area contributed by atoms with E-state index in [9.17, 15) is 27.6 Å². The Hall–Kier alpha value is -5.33. The molecule has 0 bridgehead atoms. The maximum absolute atomic E-state index is 13.7. The molecular formula is C41H58N8O9S. The summed E-state index contributed by atoms with van der Waals surface area (Å²) in [7, 11) is -3.16. The van der Waals surface area contributed by atoms with Crippen LogP contribution in [0.1, 0.15) is 81.3 Å². The van der Waals surface area contributed by atoms with E-state index in [0.29, 0.717) is 73.5 Å². The Kier molecular flexibility index (Phi) is 16.6. The predicted octanol–water partition coefficient (Wildman–Crippen LogP) is 4.11. The number of nitrogens with two attached hydrogens (primary N) is 1. The normalized spacial score (nSPS) is 14.6. The summed E-state index contributed by atoms with van der Waals surface area (Å²) in [6.45, 7) is 12.4. The van der Waals surface area contributed by atoms with Gasteiger partial charge in [-0.05, 0) is 108 Å². The number of aryl methyl sites for hydroxylation is 3. The third-order valence-corrected chi connectivity index (χ3v) is 11.0. The van der Waals surface area contributed by atoms with E-state index in [-0.39, 0.29) is 35.3 Å². The number of sulfonamides is 1. The van der Waals surface area contributed by atoms with Crippen molar-refractivity contribution in [2.45, 2.75) is 96.7 Å². The van der Waals surface area contributed by atoms with Gasteiger partial charge in [0.15, 0.2) is 0 Å². The molecule has 17 nitrogen and oxygen atoms in total. The number of allylic oxidation sites excluding steroid dienone is 1. The van der Waals surface area contributed by atoms with Gasteiger partial charge in [-0.2, -0.15) is 9.82 Å². The van der Waals surface area contributed by atoms with Crippen molar-refractivity contribution in [3.05, 3.63) is 65.5 Å². The van der Waals surface area contributed by atoms with Gasteiger partial charge in [-0.15, -0.1) is 0 Å². The van der Waals surface area contributed by atoms with Gasteiger partial charge in [-0.3, -0.25) is 24.0 Å². The minimum atomic E-state index is -4.28. The van der Waals surface area contributed by atoms with Crippen molar-refractivity contribution >= 4 is 50.6 Å². The number of amides is 3. The third-order valence-electron chi connectivity index (χ3n) is 9.26. The van der Waals surface area contributed by atoms with Crippen LogP contribution in [0.15, 0.2) is 58.7 Å². The molecule has 59 heavy (non-hydrogen) atoms. The number of benzene rings is 2. The number of carbonyl (C=O) groups excluding carboxylic acids is 4. The molecular weight excluding hydrogens is 781 g/mol. The third kappa shape index (κ3) is 13.3. The molecule has 322 valence electrons. The standard InChI is InChI=1S/C41H58N8O9S/c1-27-12-8-17-44-37(27)48(40(53)58-41(4,5)6)19-11-20-49-34-15-14-30(24-31(34)25-46-49)38(51)45-26-33(39(52)56-7)47-59(54,55)36-28(2)22-32(23-29(36)3)57-21-9-13-35(50)43-18-10-16-42/h8,14-15,17,22-25,27,33,47H,9-13,16,18-21,26,42H2,1-7H3,(H,43,50)(H,45,51)/t27?,33-/m0/s1. The van der Waals surface area contributed by atoms with Gasteiger partial charge >= 0.3 is 12.1 Å². The number of aromatic nitrogens is 2. The minimum Gasteiger partial charge on any atom is -0.494 e. The first-order valence-electron chi connectivity index (χ1n) is 19.7. The number of methoxy groups -OCH3 is 1. The van der Waals surface area contributed by atoms with Crippen molar-refractivity contribution in [2.24, 2.45) is 16.6 Å². The van der Waals surface area contributed by atoms with E-state index in [4.69, 9.17) is 19.9 Å². The molecule has 0 radical (unpaired) electrons. The van der Waals surface area contributed by atoms with Crippen LogP contribution in [0.4, 0.5) is 4.79 Å². The van der Waals surface area contributed by atoms with Gasteiger partial charge < -0.3 is 30.6 Å². The Morgan fingerprint density at radius 2 is 1.78 bits per heavy atom. The summed E-state index contributed by atoms with van der Waals surface area (Å²) in [6, 6.07) is 6.71. The molecule has 5 N–H and O–H groups in total. The SMILES string of the molecule is COC(=O)[C@H](CNC(=O)c1ccc2c(cnn2CCCN(C(=O)OC(C)(C)C)C2=NC=CCC2C)c1)NS(=O)(=O)c1c(C)cc(OCCCC(=O)NCCCN)cc1C. The molecule has 0 spiro atoms. The Morgan fingerprint density at radius 3 is 2.44 bits per heavy atom. The van der Waals surface area contributed by atoms with Crippen molar-refractivity contribution in [1.82, 2.24) is 30.0 Å². The number of hydrogen-bond acceptors (Lipinski definition) is 12. The van der Waals surface area contributed by atoms with Crippen LogP contribution in [0.3, 0.4) is 0 Å². The van der Waals surface area contributed by atoms with Crippen LogP contribution in [-0.2, 0) is 35.6 Å². The molecule has 0 saturated heterocycles. The van der Waals surface area contributed by atoms with Crippen molar-refractivity contribution in [3.63, 3.8) is 0 Å². The second kappa shape index (κ2) is 21.1. The molecule has 4 rings (SSSR count). The molecule has 0 saturated carbocycles. The first-order chi connectivity index (χ1) is 27.9. The van der Waals surface area contributed by atoms with E-state index in [2.05, 4.69) is 25.4 Å². The van der Waals surface area contributed by atoms with Crippen molar-refractivity contribution in [3.8, 4) is 5.75 Å². The average molecular weight is 839 g/mol. The zero-order chi connectivity index (χ0) is 43.3. The van der Waals surface area contributed by atoms with Gasteiger partial charge in [-0.1, -0.05) is 13.0 Å². The largest absolute Gasteiger partial charge is 0.494 e. The smallest absolute Gasteiger partial charge is 0.415 e. The van der Waals surface area contributed by atoms with Crippen LogP contribution in [-0.4, -0.2) is 104 Å². The summed E-state index contributed by atoms with van der Waals surface area (Å²) in [6.07, 6.45) is 7.59. The number of esters is 1. The highest BCUT2D eigenvalue weighted by Gasteiger charge is 2.31. The summed E-state index contributed by atoms with van der Waals surface area (Å²) in [4.78, 5) is 57.2. The Labute approximate surface area is 346 Å². The number of aliphatic imine (C=N–C) groups is 1. The molecule has 2 aromatic carbocycles. The van der Waals surface area contributed by atoms with Gasteiger partial charge in [0.1, 0.15) is 23.2 Å². The van der Waals surface area contributed by atoms with Crippen LogP contribution >= 0.6 is 0 Å². The molecule has 1 aromatic heterocycles. The van der Waals surface area contributed by atoms with E-state index < -0.39 is 46.2 Å². The number of rotatable bonds is 19. The second-order valence-corrected chi connectivity index (χ2v) is 17.0. The topological polar surface area (TPSA) is 226 Å². The predicted molar refractivity (Wildman–Crippen MR) is 223 cm³/mol. The highest BCUT2D eigenvalue weighted by Crippen LogP contribution is 2.27. The number of amidine groups is 1. The van der Waals surface area contributed by atoms with Crippen molar-refractivity contribution in [1.29, 1.82) is 0 Å². The van der Waals surface area contributed by atoms with Gasteiger partial charge in [0.25, 0.3) is 5.91 Å². The minimum absolute atomic E-state index is 0.0428. The van der Waals surface area contributed by atoms with E-state index in [1.165, 1.54) is 0 Å². The molecule has 1 unspecified atom stereocenters. The molecule has 18 heteroatoms. The summed E-state index contributed by atoms with van der Waals surface area (Å²) < 4.78 is 47.8. The molecule has 2 heterocycles. The molecule has 1 aliphatic rings. The summed E-state index contributed by atoms with van der Waals surface area (Å²) in [5.74, 6) is -0.392. The molecule has 1 aliphatic heterocycles. The first-order valence-corrected chi connectivity index (χ1v) is 21.2. The van der Waals surface area contributed by atoms with Gasteiger partial charge in [0.2, 0.25) is 15.9 Å². The number of ether oxygens (including phenoxy) is 3.